The monoisotopic (exact) mass is 385 g/mol. The molecule has 0 radical (unpaired) electrons. The van der Waals surface area contributed by atoms with Gasteiger partial charge in [0.15, 0.2) is 0 Å². The molecule has 0 bridgehead atoms. The van der Waals surface area contributed by atoms with E-state index < -0.39 is 10.0 Å². The second-order valence-electron chi connectivity index (χ2n) is 6.25. The van der Waals surface area contributed by atoms with Crippen LogP contribution in [-0.4, -0.2) is 43.1 Å². The highest BCUT2D eigenvalue weighted by Crippen LogP contribution is 2.31. The Kier molecular flexibility index (Phi) is 4.67. The number of para-hydroxylation sites is 1. The van der Waals surface area contributed by atoms with Crippen molar-refractivity contribution in [3.8, 4) is 28.7 Å². The van der Waals surface area contributed by atoms with E-state index in [1.54, 1.807) is 31.4 Å². The van der Waals surface area contributed by atoms with Crippen LogP contribution in [0.3, 0.4) is 0 Å². The van der Waals surface area contributed by atoms with Gasteiger partial charge in [-0.25, -0.2) is 8.42 Å². The third-order valence-corrected chi connectivity index (χ3v) is 6.44. The van der Waals surface area contributed by atoms with Gasteiger partial charge in [-0.3, -0.25) is 0 Å². The molecule has 2 heterocycles. The van der Waals surface area contributed by atoms with Crippen molar-refractivity contribution in [1.82, 2.24) is 14.5 Å². The summed E-state index contributed by atoms with van der Waals surface area (Å²) in [7, 11) is -1.93. The minimum atomic E-state index is -3.50. The number of sulfonamides is 1. The number of ether oxygens (including phenoxy) is 1. The van der Waals surface area contributed by atoms with Gasteiger partial charge < -0.3 is 9.15 Å². The number of hydrogen-bond donors (Lipinski definition) is 0. The van der Waals surface area contributed by atoms with Gasteiger partial charge in [-0.05, 0) is 43.2 Å². The quantitative estimate of drug-likeness (QED) is 0.670. The van der Waals surface area contributed by atoms with E-state index in [0.717, 1.165) is 12.8 Å². The van der Waals surface area contributed by atoms with Crippen LogP contribution >= 0.6 is 0 Å². The number of benzene rings is 2. The average Bonchev–Trinajstić information content (AvgIpc) is 3.40. The van der Waals surface area contributed by atoms with Gasteiger partial charge in [0.1, 0.15) is 5.75 Å². The van der Waals surface area contributed by atoms with Gasteiger partial charge in [-0.1, -0.05) is 18.2 Å². The summed E-state index contributed by atoms with van der Waals surface area (Å²) in [6.07, 6.45) is 1.79. The van der Waals surface area contributed by atoms with E-state index in [-0.39, 0.29) is 10.8 Å². The molecule has 0 spiro atoms. The molecule has 1 fully saturated rings. The Morgan fingerprint density at radius 3 is 2.52 bits per heavy atom. The number of rotatable bonds is 5. The van der Waals surface area contributed by atoms with Crippen LogP contribution in [0.15, 0.2) is 57.8 Å². The van der Waals surface area contributed by atoms with Crippen LogP contribution in [0, 0.1) is 0 Å². The fourth-order valence-electron chi connectivity index (χ4n) is 3.14. The lowest BCUT2D eigenvalue weighted by Gasteiger charge is -2.15. The Balaban J connectivity index is 1.68. The van der Waals surface area contributed by atoms with Crippen LogP contribution in [0.1, 0.15) is 12.8 Å². The first-order chi connectivity index (χ1) is 13.1. The minimum Gasteiger partial charge on any atom is -0.496 e. The Hall–Kier alpha value is -2.71. The van der Waals surface area contributed by atoms with E-state index in [1.165, 1.54) is 4.31 Å². The molecule has 0 N–H and O–H groups in total. The number of methoxy groups -OCH3 is 1. The van der Waals surface area contributed by atoms with Gasteiger partial charge in [0.05, 0.1) is 17.6 Å². The van der Waals surface area contributed by atoms with E-state index in [9.17, 15) is 8.42 Å². The Labute approximate surface area is 157 Å². The molecule has 3 aromatic rings. The second-order valence-corrected chi connectivity index (χ2v) is 8.19. The van der Waals surface area contributed by atoms with Gasteiger partial charge in [-0.15, -0.1) is 10.2 Å². The molecule has 7 nitrogen and oxygen atoms in total. The molecule has 140 valence electrons. The zero-order valence-electron chi connectivity index (χ0n) is 14.8. The minimum absolute atomic E-state index is 0.235. The smallest absolute Gasteiger partial charge is 0.251 e. The van der Waals surface area contributed by atoms with Crippen LogP contribution < -0.4 is 4.74 Å². The zero-order chi connectivity index (χ0) is 18.9. The lowest BCUT2D eigenvalue weighted by Crippen LogP contribution is -2.27. The van der Waals surface area contributed by atoms with Crippen LogP contribution in [0.25, 0.3) is 22.9 Å². The van der Waals surface area contributed by atoms with E-state index in [0.29, 0.717) is 35.9 Å². The normalized spacial score (nSPS) is 15.1. The maximum absolute atomic E-state index is 12.8. The predicted molar refractivity (Wildman–Crippen MR) is 99.7 cm³/mol. The van der Waals surface area contributed by atoms with Crippen molar-refractivity contribution in [3.05, 3.63) is 48.5 Å². The fraction of sp³-hybridized carbons (Fsp3) is 0.263. The van der Waals surface area contributed by atoms with Gasteiger partial charge in [0.2, 0.25) is 15.9 Å². The lowest BCUT2D eigenvalue weighted by atomic mass is 10.2. The summed E-state index contributed by atoms with van der Waals surface area (Å²) in [5, 5.41) is 8.16. The molecule has 0 atom stereocenters. The average molecular weight is 385 g/mol. The van der Waals surface area contributed by atoms with E-state index in [4.69, 9.17) is 9.15 Å². The largest absolute Gasteiger partial charge is 0.496 e. The summed E-state index contributed by atoms with van der Waals surface area (Å²) in [5.74, 6) is 1.20. The zero-order valence-corrected chi connectivity index (χ0v) is 15.6. The van der Waals surface area contributed by atoms with Crippen molar-refractivity contribution < 1.29 is 17.6 Å². The molecule has 4 rings (SSSR count). The third-order valence-electron chi connectivity index (χ3n) is 4.55. The van der Waals surface area contributed by atoms with Crippen LogP contribution in [0.4, 0.5) is 0 Å². The Morgan fingerprint density at radius 1 is 1.00 bits per heavy atom. The van der Waals surface area contributed by atoms with E-state index >= 15 is 0 Å². The SMILES string of the molecule is COc1ccccc1-c1nnc(-c2cccc(S(=O)(=O)N3CCCC3)c2)o1. The summed E-state index contributed by atoms with van der Waals surface area (Å²) in [6, 6.07) is 13.9. The van der Waals surface area contributed by atoms with Crippen LogP contribution in [0.5, 0.6) is 5.75 Å². The maximum Gasteiger partial charge on any atom is 0.251 e. The van der Waals surface area contributed by atoms with Gasteiger partial charge in [0, 0.05) is 18.7 Å². The van der Waals surface area contributed by atoms with Crippen molar-refractivity contribution in [2.75, 3.05) is 20.2 Å². The van der Waals surface area contributed by atoms with Gasteiger partial charge in [0.25, 0.3) is 5.89 Å². The predicted octanol–water partition coefficient (Wildman–Crippen LogP) is 3.20. The topological polar surface area (TPSA) is 85.5 Å². The van der Waals surface area contributed by atoms with E-state index in [1.807, 2.05) is 24.3 Å². The highest BCUT2D eigenvalue weighted by atomic mass is 32.2. The van der Waals surface area contributed by atoms with Crippen molar-refractivity contribution in [2.24, 2.45) is 0 Å². The lowest BCUT2D eigenvalue weighted by molar-refractivity contribution is 0.414. The molecule has 1 aliphatic heterocycles. The van der Waals surface area contributed by atoms with Crippen LogP contribution in [0.2, 0.25) is 0 Å². The first-order valence-corrected chi connectivity index (χ1v) is 10.1. The van der Waals surface area contributed by atoms with Gasteiger partial charge >= 0.3 is 0 Å². The molecule has 0 saturated carbocycles. The highest BCUT2D eigenvalue weighted by molar-refractivity contribution is 7.89. The molecule has 0 amide bonds. The maximum atomic E-state index is 12.8. The molecule has 1 saturated heterocycles. The van der Waals surface area contributed by atoms with Crippen molar-refractivity contribution >= 4 is 10.0 Å². The molecule has 0 aliphatic carbocycles. The summed E-state index contributed by atoms with van der Waals surface area (Å²) in [4.78, 5) is 0.235. The Morgan fingerprint density at radius 2 is 1.74 bits per heavy atom. The molecule has 8 heteroatoms. The summed E-state index contributed by atoms with van der Waals surface area (Å²) >= 11 is 0. The summed E-state index contributed by atoms with van der Waals surface area (Å²) in [6.45, 7) is 1.12. The Bertz CT molecular complexity index is 1060. The number of aromatic nitrogens is 2. The molecular formula is C19H19N3O4S. The second kappa shape index (κ2) is 7.13. The highest BCUT2D eigenvalue weighted by Gasteiger charge is 2.27. The fourth-order valence-corrected chi connectivity index (χ4v) is 4.70. The van der Waals surface area contributed by atoms with Crippen molar-refractivity contribution in [1.29, 1.82) is 0 Å². The summed E-state index contributed by atoms with van der Waals surface area (Å²) < 4.78 is 38.2. The molecule has 1 aromatic heterocycles. The van der Waals surface area contributed by atoms with Gasteiger partial charge in [-0.2, -0.15) is 4.31 Å². The first-order valence-electron chi connectivity index (χ1n) is 8.67. The first kappa shape index (κ1) is 17.7. The van der Waals surface area contributed by atoms with Crippen molar-refractivity contribution in [2.45, 2.75) is 17.7 Å². The third kappa shape index (κ3) is 3.33. The standard InChI is InChI=1S/C19H19N3O4S/c1-25-17-10-3-2-9-16(17)19-21-20-18(26-19)14-7-6-8-15(13-14)27(23,24)22-11-4-5-12-22/h2-3,6-10,13H,4-5,11-12H2,1H3. The van der Waals surface area contributed by atoms with Crippen LogP contribution in [-0.2, 0) is 10.0 Å². The molecule has 0 unspecified atom stereocenters. The molecule has 27 heavy (non-hydrogen) atoms. The molecular weight excluding hydrogens is 366 g/mol. The molecule has 2 aromatic carbocycles. The number of nitrogens with zero attached hydrogens (tertiary/aromatic N) is 3. The molecule has 1 aliphatic rings. The van der Waals surface area contributed by atoms with Crippen molar-refractivity contribution in [3.63, 3.8) is 0 Å². The van der Waals surface area contributed by atoms with E-state index in [2.05, 4.69) is 10.2 Å². The number of hydrogen-bond acceptors (Lipinski definition) is 6. The summed E-state index contributed by atoms with van der Waals surface area (Å²) in [5.41, 5.74) is 1.24.